The van der Waals surface area contributed by atoms with Crippen molar-refractivity contribution >= 4 is 0 Å². The molecular weight excluding hydrogens is 110 g/mol. The summed E-state index contributed by atoms with van der Waals surface area (Å²) in [6.45, 7) is 1.27. The van der Waals surface area contributed by atoms with Crippen LogP contribution in [0.25, 0.3) is 0 Å². The van der Waals surface area contributed by atoms with E-state index in [4.69, 9.17) is 0 Å². The largest absolute Gasteiger partial charge is 0.319 e. The zero-order chi connectivity index (χ0) is 6.27. The van der Waals surface area contributed by atoms with E-state index >= 15 is 0 Å². The van der Waals surface area contributed by atoms with Gasteiger partial charge in [0.25, 0.3) is 0 Å². The lowest BCUT2D eigenvalue weighted by Gasteiger charge is -2.08. The number of hydrogen-bond donors (Lipinski definition) is 1. The number of rotatable bonds is 2. The smallest absolute Gasteiger partial charge is 0.00208 e. The maximum atomic E-state index is 3.27. The van der Waals surface area contributed by atoms with E-state index in [1.165, 1.54) is 19.4 Å². The molecule has 2 aliphatic rings. The fourth-order valence-corrected chi connectivity index (χ4v) is 2.34. The second kappa shape index (κ2) is 1.98. The van der Waals surface area contributed by atoms with Gasteiger partial charge in [-0.15, -0.1) is 0 Å². The van der Waals surface area contributed by atoms with Gasteiger partial charge in [-0.1, -0.05) is 0 Å². The van der Waals surface area contributed by atoms with Gasteiger partial charge in [-0.05, 0) is 50.6 Å². The average Bonchev–Trinajstić information content (AvgIpc) is 2.54. The summed E-state index contributed by atoms with van der Waals surface area (Å²) in [6, 6.07) is 0. The van der Waals surface area contributed by atoms with E-state index < -0.39 is 0 Å². The van der Waals surface area contributed by atoms with Gasteiger partial charge in [0.2, 0.25) is 0 Å². The van der Waals surface area contributed by atoms with Gasteiger partial charge in [0.1, 0.15) is 0 Å². The van der Waals surface area contributed by atoms with E-state index in [-0.39, 0.29) is 0 Å². The maximum Gasteiger partial charge on any atom is -0.00208 e. The van der Waals surface area contributed by atoms with E-state index in [0.29, 0.717) is 0 Å². The van der Waals surface area contributed by atoms with E-state index in [9.17, 15) is 0 Å². The topological polar surface area (TPSA) is 12.0 Å². The second-order valence-electron chi connectivity index (χ2n) is 3.55. The third kappa shape index (κ3) is 0.877. The molecule has 2 fully saturated rings. The van der Waals surface area contributed by atoms with E-state index in [1.807, 2.05) is 0 Å². The van der Waals surface area contributed by atoms with Crippen LogP contribution in [0.15, 0.2) is 0 Å². The minimum atomic E-state index is 1.04. The van der Waals surface area contributed by atoms with Gasteiger partial charge >= 0.3 is 0 Å². The zero-order valence-electron chi connectivity index (χ0n) is 6.06. The Labute approximate surface area is 56.8 Å². The predicted molar refractivity (Wildman–Crippen MR) is 38.2 cm³/mol. The molecule has 1 nitrogen and oxygen atoms in total. The first-order valence-electron chi connectivity index (χ1n) is 4.06. The van der Waals surface area contributed by atoms with Crippen LogP contribution in [-0.4, -0.2) is 13.6 Å². The Balaban J connectivity index is 1.84. The van der Waals surface area contributed by atoms with Crippen LogP contribution in [0, 0.1) is 17.8 Å². The highest BCUT2D eigenvalue weighted by Crippen LogP contribution is 2.54. The molecule has 0 amide bonds. The molecule has 0 aliphatic heterocycles. The lowest BCUT2D eigenvalue weighted by molar-refractivity contribution is 0.458. The summed E-state index contributed by atoms with van der Waals surface area (Å²) in [5.41, 5.74) is 0. The van der Waals surface area contributed by atoms with Gasteiger partial charge in [0.05, 0.1) is 0 Å². The number of hydrogen-bond acceptors (Lipinski definition) is 1. The summed E-state index contributed by atoms with van der Waals surface area (Å²) < 4.78 is 0. The molecule has 0 bridgehead atoms. The molecule has 3 unspecified atom stereocenters. The van der Waals surface area contributed by atoms with Crippen molar-refractivity contribution in [2.75, 3.05) is 13.6 Å². The summed E-state index contributed by atoms with van der Waals surface area (Å²) in [4.78, 5) is 0. The highest BCUT2D eigenvalue weighted by molar-refractivity contribution is 4.97. The Bertz CT molecular complexity index is 111. The number of nitrogens with one attached hydrogen (secondary N) is 1. The van der Waals surface area contributed by atoms with Crippen LogP contribution < -0.4 is 5.32 Å². The molecule has 0 spiro atoms. The van der Waals surface area contributed by atoms with Gasteiger partial charge in [-0.2, -0.15) is 0 Å². The summed E-state index contributed by atoms with van der Waals surface area (Å²) in [7, 11) is 2.07. The molecule has 2 rings (SSSR count). The summed E-state index contributed by atoms with van der Waals surface area (Å²) in [5.74, 6) is 3.33. The van der Waals surface area contributed by atoms with Crippen molar-refractivity contribution < 1.29 is 0 Å². The summed E-state index contributed by atoms with van der Waals surface area (Å²) >= 11 is 0. The Morgan fingerprint density at radius 1 is 1.44 bits per heavy atom. The molecule has 0 heterocycles. The van der Waals surface area contributed by atoms with Gasteiger partial charge in [-0.3, -0.25) is 0 Å². The van der Waals surface area contributed by atoms with Gasteiger partial charge in [-0.25, -0.2) is 0 Å². The van der Waals surface area contributed by atoms with Crippen molar-refractivity contribution in [3.05, 3.63) is 0 Å². The standard InChI is InChI=1S/C8H15N/c1-9-5-7-3-2-6-4-8(6)7/h6-9H,2-5H2,1H3. The Morgan fingerprint density at radius 2 is 2.33 bits per heavy atom. The summed E-state index contributed by atoms with van der Waals surface area (Å²) in [6.07, 6.45) is 4.57. The first-order chi connectivity index (χ1) is 4.42. The molecular formula is C8H15N. The second-order valence-corrected chi connectivity index (χ2v) is 3.55. The molecule has 1 heteroatoms. The van der Waals surface area contributed by atoms with E-state index in [2.05, 4.69) is 12.4 Å². The lowest BCUT2D eigenvalue weighted by atomic mass is 10.0. The van der Waals surface area contributed by atoms with Crippen molar-refractivity contribution in [1.29, 1.82) is 0 Å². The fourth-order valence-electron chi connectivity index (χ4n) is 2.34. The van der Waals surface area contributed by atoms with E-state index in [0.717, 1.165) is 17.8 Å². The molecule has 0 radical (unpaired) electrons. The highest BCUT2D eigenvalue weighted by Gasteiger charge is 2.47. The van der Waals surface area contributed by atoms with Crippen molar-refractivity contribution in [3.63, 3.8) is 0 Å². The molecule has 2 aliphatic carbocycles. The quantitative estimate of drug-likeness (QED) is 0.585. The van der Waals surface area contributed by atoms with Crippen LogP contribution in [0.5, 0.6) is 0 Å². The fraction of sp³-hybridized carbons (Fsp3) is 1.00. The minimum absolute atomic E-state index is 1.04. The zero-order valence-corrected chi connectivity index (χ0v) is 6.06. The van der Waals surface area contributed by atoms with Crippen molar-refractivity contribution in [2.24, 2.45) is 17.8 Å². The van der Waals surface area contributed by atoms with Crippen molar-refractivity contribution in [3.8, 4) is 0 Å². The van der Waals surface area contributed by atoms with Crippen LogP contribution in [0.2, 0.25) is 0 Å². The SMILES string of the molecule is CNCC1CCC2CC12. The molecule has 3 atom stereocenters. The Morgan fingerprint density at radius 3 is 2.78 bits per heavy atom. The van der Waals surface area contributed by atoms with Crippen LogP contribution in [-0.2, 0) is 0 Å². The van der Waals surface area contributed by atoms with Gasteiger partial charge < -0.3 is 5.32 Å². The Hall–Kier alpha value is -0.0400. The minimum Gasteiger partial charge on any atom is -0.319 e. The molecule has 52 valence electrons. The van der Waals surface area contributed by atoms with E-state index in [1.54, 1.807) is 6.42 Å². The first kappa shape index (κ1) is 5.72. The van der Waals surface area contributed by atoms with Gasteiger partial charge in [0.15, 0.2) is 0 Å². The molecule has 2 saturated carbocycles. The molecule has 0 aromatic carbocycles. The van der Waals surface area contributed by atoms with Crippen molar-refractivity contribution in [2.45, 2.75) is 19.3 Å². The predicted octanol–water partition coefficient (Wildman–Crippen LogP) is 1.25. The molecule has 0 aromatic rings. The molecule has 9 heavy (non-hydrogen) atoms. The highest BCUT2D eigenvalue weighted by atomic mass is 14.8. The Kier molecular flexibility index (Phi) is 1.26. The summed E-state index contributed by atoms with van der Waals surface area (Å²) in [5, 5.41) is 3.27. The van der Waals surface area contributed by atoms with Crippen LogP contribution >= 0.6 is 0 Å². The molecule has 1 N–H and O–H groups in total. The normalized spacial score (nSPS) is 47.0. The van der Waals surface area contributed by atoms with Crippen LogP contribution in [0.3, 0.4) is 0 Å². The molecule has 0 aromatic heterocycles. The third-order valence-electron chi connectivity index (χ3n) is 2.96. The third-order valence-corrected chi connectivity index (χ3v) is 2.96. The van der Waals surface area contributed by atoms with Crippen LogP contribution in [0.1, 0.15) is 19.3 Å². The molecule has 0 saturated heterocycles. The van der Waals surface area contributed by atoms with Gasteiger partial charge in [0, 0.05) is 0 Å². The monoisotopic (exact) mass is 125 g/mol. The maximum absolute atomic E-state index is 3.27. The first-order valence-corrected chi connectivity index (χ1v) is 4.06. The lowest BCUT2D eigenvalue weighted by Crippen LogP contribution is -2.18. The van der Waals surface area contributed by atoms with Crippen LogP contribution in [0.4, 0.5) is 0 Å². The average molecular weight is 125 g/mol. The van der Waals surface area contributed by atoms with Crippen molar-refractivity contribution in [1.82, 2.24) is 5.32 Å². The number of fused-ring (bicyclic) bond motifs is 1.